The SMILES string of the molecule is CS(=O)(=O)c1cc(O)ccc1Cl. The van der Waals surface area contributed by atoms with Crippen LogP contribution in [0.15, 0.2) is 23.1 Å². The Hall–Kier alpha value is -0.740. The van der Waals surface area contributed by atoms with E-state index in [4.69, 9.17) is 16.7 Å². The Morgan fingerprint density at radius 1 is 1.42 bits per heavy atom. The van der Waals surface area contributed by atoms with Crippen LogP contribution in [0.25, 0.3) is 0 Å². The standard InChI is InChI=1S/C7H7ClO3S/c1-12(10,11)7-4-5(9)2-3-6(7)8/h2-4,9H,1H3. The second-order valence-electron chi connectivity index (χ2n) is 2.39. The molecule has 0 saturated heterocycles. The smallest absolute Gasteiger partial charge is 0.177 e. The minimum absolute atomic E-state index is 0.0517. The van der Waals surface area contributed by atoms with Crippen LogP contribution in [-0.2, 0) is 9.84 Å². The fourth-order valence-electron chi connectivity index (χ4n) is 0.776. The molecule has 0 aliphatic carbocycles. The van der Waals surface area contributed by atoms with Gasteiger partial charge in [0.05, 0.1) is 9.92 Å². The van der Waals surface area contributed by atoms with E-state index in [-0.39, 0.29) is 15.7 Å². The Bertz CT molecular complexity index is 397. The lowest BCUT2D eigenvalue weighted by molar-refractivity contribution is 0.473. The summed E-state index contributed by atoms with van der Waals surface area (Å²) < 4.78 is 22.0. The molecule has 0 unspecified atom stereocenters. The van der Waals surface area contributed by atoms with Gasteiger partial charge in [0, 0.05) is 6.26 Å². The van der Waals surface area contributed by atoms with Crippen LogP contribution in [-0.4, -0.2) is 19.8 Å². The third-order valence-corrected chi connectivity index (χ3v) is 2.89. The van der Waals surface area contributed by atoms with Crippen molar-refractivity contribution >= 4 is 21.4 Å². The van der Waals surface area contributed by atoms with E-state index in [0.29, 0.717) is 0 Å². The average Bonchev–Trinajstić information content (AvgIpc) is 1.92. The molecule has 0 radical (unpaired) electrons. The number of hydrogen-bond acceptors (Lipinski definition) is 3. The maximum Gasteiger partial charge on any atom is 0.177 e. The van der Waals surface area contributed by atoms with Gasteiger partial charge < -0.3 is 5.11 Å². The predicted octanol–water partition coefficient (Wildman–Crippen LogP) is 1.45. The minimum atomic E-state index is -3.35. The molecule has 0 saturated carbocycles. The van der Waals surface area contributed by atoms with Gasteiger partial charge in [-0.05, 0) is 18.2 Å². The van der Waals surface area contributed by atoms with Crippen LogP contribution < -0.4 is 0 Å². The predicted molar refractivity (Wildman–Crippen MR) is 46.2 cm³/mol. The van der Waals surface area contributed by atoms with E-state index in [2.05, 4.69) is 0 Å². The van der Waals surface area contributed by atoms with Crippen LogP contribution in [0.3, 0.4) is 0 Å². The topological polar surface area (TPSA) is 54.4 Å². The van der Waals surface area contributed by atoms with E-state index in [1.165, 1.54) is 12.1 Å². The highest BCUT2D eigenvalue weighted by atomic mass is 35.5. The number of halogens is 1. The Balaban J connectivity index is 3.43. The van der Waals surface area contributed by atoms with Crippen molar-refractivity contribution in [2.24, 2.45) is 0 Å². The molecule has 0 bridgehead atoms. The van der Waals surface area contributed by atoms with Crippen molar-refractivity contribution < 1.29 is 13.5 Å². The summed E-state index contributed by atoms with van der Waals surface area (Å²) >= 11 is 5.59. The van der Waals surface area contributed by atoms with E-state index in [1.807, 2.05) is 0 Å². The zero-order valence-corrected chi connectivity index (χ0v) is 7.85. The summed E-state index contributed by atoms with van der Waals surface area (Å²) in [6, 6.07) is 3.79. The lowest BCUT2D eigenvalue weighted by atomic mass is 10.3. The fraction of sp³-hybridized carbons (Fsp3) is 0.143. The van der Waals surface area contributed by atoms with Crippen LogP contribution >= 0.6 is 11.6 Å². The molecule has 1 rings (SSSR count). The van der Waals surface area contributed by atoms with Gasteiger partial charge in [0.25, 0.3) is 0 Å². The van der Waals surface area contributed by atoms with Gasteiger partial charge in [0.2, 0.25) is 0 Å². The summed E-state index contributed by atoms with van der Waals surface area (Å²) in [5.74, 6) is -0.111. The number of aromatic hydroxyl groups is 1. The fourth-order valence-corrected chi connectivity index (χ4v) is 2.07. The van der Waals surface area contributed by atoms with Crippen molar-refractivity contribution in [3.05, 3.63) is 23.2 Å². The van der Waals surface area contributed by atoms with Gasteiger partial charge in [-0.25, -0.2) is 8.42 Å². The highest BCUT2D eigenvalue weighted by Crippen LogP contribution is 2.24. The number of benzene rings is 1. The maximum absolute atomic E-state index is 11.0. The third kappa shape index (κ3) is 1.89. The maximum atomic E-state index is 11.0. The molecule has 5 heteroatoms. The second-order valence-corrected chi connectivity index (χ2v) is 4.78. The van der Waals surface area contributed by atoms with Gasteiger partial charge in [-0.15, -0.1) is 0 Å². The van der Waals surface area contributed by atoms with Gasteiger partial charge in [-0.2, -0.15) is 0 Å². The largest absolute Gasteiger partial charge is 0.508 e. The van der Waals surface area contributed by atoms with Crippen LogP contribution in [0.2, 0.25) is 5.02 Å². The normalized spacial score (nSPS) is 11.5. The Labute approximate surface area is 75.5 Å². The van der Waals surface area contributed by atoms with Crippen LogP contribution in [0.5, 0.6) is 5.75 Å². The van der Waals surface area contributed by atoms with E-state index in [1.54, 1.807) is 0 Å². The summed E-state index contributed by atoms with van der Waals surface area (Å²) in [6.07, 6.45) is 1.04. The Kier molecular flexibility index (Phi) is 2.30. The first kappa shape index (κ1) is 9.35. The van der Waals surface area contributed by atoms with E-state index in [9.17, 15) is 8.42 Å². The second kappa shape index (κ2) is 2.95. The molecule has 66 valence electrons. The first-order valence-electron chi connectivity index (χ1n) is 3.10. The lowest BCUT2D eigenvalue weighted by Gasteiger charge is -2.00. The van der Waals surface area contributed by atoms with Gasteiger partial charge in [0.15, 0.2) is 9.84 Å². The molecule has 3 nitrogen and oxygen atoms in total. The van der Waals surface area contributed by atoms with Crippen LogP contribution in [0.4, 0.5) is 0 Å². The Morgan fingerprint density at radius 3 is 2.42 bits per heavy atom. The molecule has 0 aromatic heterocycles. The molecule has 1 aromatic rings. The number of phenols is 1. The molecule has 0 aliphatic heterocycles. The highest BCUT2D eigenvalue weighted by Gasteiger charge is 2.12. The molecular formula is C7H7ClO3S. The molecule has 12 heavy (non-hydrogen) atoms. The number of phenolic OH excluding ortho intramolecular Hbond substituents is 1. The molecule has 0 atom stereocenters. The van der Waals surface area contributed by atoms with E-state index < -0.39 is 9.84 Å². The van der Waals surface area contributed by atoms with Crippen molar-refractivity contribution in [3.63, 3.8) is 0 Å². The molecule has 1 aromatic carbocycles. The average molecular weight is 207 g/mol. The van der Waals surface area contributed by atoms with E-state index >= 15 is 0 Å². The summed E-state index contributed by atoms with van der Waals surface area (Å²) in [6.45, 7) is 0. The molecule has 0 heterocycles. The van der Waals surface area contributed by atoms with Gasteiger partial charge in [-0.3, -0.25) is 0 Å². The minimum Gasteiger partial charge on any atom is -0.508 e. The zero-order valence-electron chi connectivity index (χ0n) is 6.28. The first-order valence-corrected chi connectivity index (χ1v) is 5.37. The lowest BCUT2D eigenvalue weighted by Crippen LogP contribution is -1.97. The van der Waals surface area contributed by atoms with Crippen LogP contribution in [0, 0.1) is 0 Å². The third-order valence-electron chi connectivity index (χ3n) is 1.31. The number of sulfone groups is 1. The molecule has 1 N–H and O–H groups in total. The first-order chi connectivity index (χ1) is 5.41. The van der Waals surface area contributed by atoms with Gasteiger partial charge >= 0.3 is 0 Å². The quantitative estimate of drug-likeness (QED) is 0.757. The monoisotopic (exact) mass is 206 g/mol. The zero-order chi connectivity index (χ0) is 9.35. The van der Waals surface area contributed by atoms with Crippen molar-refractivity contribution in [2.45, 2.75) is 4.90 Å². The van der Waals surface area contributed by atoms with Gasteiger partial charge in [0.1, 0.15) is 5.75 Å². The van der Waals surface area contributed by atoms with Crippen molar-refractivity contribution in [3.8, 4) is 5.75 Å². The highest BCUT2D eigenvalue weighted by molar-refractivity contribution is 7.90. The van der Waals surface area contributed by atoms with Crippen LogP contribution in [0.1, 0.15) is 0 Å². The Morgan fingerprint density at radius 2 is 2.00 bits per heavy atom. The van der Waals surface area contributed by atoms with Gasteiger partial charge in [-0.1, -0.05) is 11.6 Å². The van der Waals surface area contributed by atoms with Crippen molar-refractivity contribution in [1.29, 1.82) is 0 Å². The molecule has 0 aliphatic rings. The molecule has 0 fully saturated rings. The summed E-state index contributed by atoms with van der Waals surface area (Å²) in [5.41, 5.74) is 0. The molecule has 0 amide bonds. The summed E-state index contributed by atoms with van der Waals surface area (Å²) in [7, 11) is -3.35. The number of rotatable bonds is 1. The summed E-state index contributed by atoms with van der Waals surface area (Å²) in [4.78, 5) is -0.0517. The summed E-state index contributed by atoms with van der Waals surface area (Å²) in [5, 5.41) is 9.10. The molecular weight excluding hydrogens is 200 g/mol. The molecule has 0 spiro atoms. The van der Waals surface area contributed by atoms with E-state index in [0.717, 1.165) is 12.3 Å². The van der Waals surface area contributed by atoms with Crippen molar-refractivity contribution in [2.75, 3.05) is 6.26 Å². The van der Waals surface area contributed by atoms with Crippen molar-refractivity contribution in [1.82, 2.24) is 0 Å². The number of hydrogen-bond donors (Lipinski definition) is 1.